The number of aryl methyl sites for hydroxylation is 1. The molecule has 0 saturated heterocycles. The van der Waals surface area contributed by atoms with E-state index in [1.165, 1.54) is 18.2 Å². The molecule has 20 heavy (non-hydrogen) atoms. The molecule has 1 aromatic heterocycles. The fourth-order valence-corrected chi connectivity index (χ4v) is 1.48. The molecule has 2 rings (SSSR count). The highest BCUT2D eigenvalue weighted by molar-refractivity contribution is 5.48. The number of nitrogens with zero attached hydrogens (tertiary/aromatic N) is 2. The Labute approximate surface area is 113 Å². The SMILES string of the molecule is Cc1ccc(Oc2cc([N+](=O)[O-])cc(NN)n2)cc1F. The van der Waals surface area contributed by atoms with Crippen LogP contribution in [0, 0.1) is 22.9 Å². The molecule has 0 bridgehead atoms. The van der Waals surface area contributed by atoms with Crippen molar-refractivity contribution in [2.45, 2.75) is 6.92 Å². The molecule has 3 N–H and O–H groups in total. The lowest BCUT2D eigenvalue weighted by atomic mass is 10.2. The number of ether oxygens (including phenoxy) is 1. The van der Waals surface area contributed by atoms with Gasteiger partial charge in [0, 0.05) is 6.07 Å². The summed E-state index contributed by atoms with van der Waals surface area (Å²) in [4.78, 5) is 14.1. The number of benzene rings is 1. The number of hydrogen-bond acceptors (Lipinski definition) is 6. The van der Waals surface area contributed by atoms with Crippen LogP contribution in [0.15, 0.2) is 30.3 Å². The van der Waals surface area contributed by atoms with Crippen LogP contribution in [0.1, 0.15) is 5.56 Å². The first-order valence-electron chi connectivity index (χ1n) is 5.56. The summed E-state index contributed by atoms with van der Waals surface area (Å²) < 4.78 is 18.7. The summed E-state index contributed by atoms with van der Waals surface area (Å²) in [6.45, 7) is 1.61. The zero-order valence-electron chi connectivity index (χ0n) is 10.5. The molecule has 0 aliphatic heterocycles. The molecule has 0 atom stereocenters. The maximum absolute atomic E-state index is 13.4. The number of hydrogen-bond donors (Lipinski definition) is 2. The minimum atomic E-state index is -0.606. The van der Waals surface area contributed by atoms with Crippen LogP contribution >= 0.6 is 0 Å². The molecule has 7 nitrogen and oxygen atoms in total. The largest absolute Gasteiger partial charge is 0.439 e. The number of anilines is 1. The highest BCUT2D eigenvalue weighted by Crippen LogP contribution is 2.26. The number of rotatable bonds is 4. The van der Waals surface area contributed by atoms with Gasteiger partial charge in [-0.25, -0.2) is 10.2 Å². The molecule has 0 aliphatic carbocycles. The molecule has 0 unspecified atom stereocenters. The van der Waals surface area contributed by atoms with Gasteiger partial charge < -0.3 is 10.2 Å². The van der Waals surface area contributed by atoms with E-state index in [0.717, 1.165) is 12.1 Å². The number of hydrazine groups is 1. The van der Waals surface area contributed by atoms with E-state index in [0.29, 0.717) is 5.56 Å². The van der Waals surface area contributed by atoms with E-state index in [-0.39, 0.29) is 23.1 Å². The normalized spacial score (nSPS) is 10.2. The number of nitro groups is 1. The standard InChI is InChI=1S/C12H11FN4O3/c1-7-2-3-9(6-10(7)13)20-12-5-8(17(18)19)4-11(15-12)16-14/h2-6H,14H2,1H3,(H,15,16). The van der Waals surface area contributed by atoms with Gasteiger partial charge in [-0.1, -0.05) is 6.07 Å². The summed E-state index contributed by atoms with van der Waals surface area (Å²) in [5.74, 6) is 4.93. The predicted molar refractivity (Wildman–Crippen MR) is 69.9 cm³/mol. The summed E-state index contributed by atoms with van der Waals surface area (Å²) in [6.07, 6.45) is 0. The second-order valence-electron chi connectivity index (χ2n) is 3.96. The van der Waals surface area contributed by atoms with Gasteiger partial charge >= 0.3 is 0 Å². The van der Waals surface area contributed by atoms with Crippen LogP contribution in [0.3, 0.4) is 0 Å². The summed E-state index contributed by atoms with van der Waals surface area (Å²) in [6, 6.07) is 6.52. The first kappa shape index (κ1) is 13.7. The third-order valence-corrected chi connectivity index (χ3v) is 2.51. The van der Waals surface area contributed by atoms with Crippen molar-refractivity contribution in [3.63, 3.8) is 0 Å². The third-order valence-electron chi connectivity index (χ3n) is 2.51. The second-order valence-corrected chi connectivity index (χ2v) is 3.96. The number of aromatic nitrogens is 1. The summed E-state index contributed by atoms with van der Waals surface area (Å²) in [5, 5.41) is 10.8. The molecule has 0 spiro atoms. The number of nitrogens with one attached hydrogen (secondary N) is 1. The number of pyridine rings is 1. The topological polar surface area (TPSA) is 103 Å². The van der Waals surface area contributed by atoms with Gasteiger partial charge in [0.05, 0.1) is 17.1 Å². The smallest absolute Gasteiger partial charge is 0.278 e. The van der Waals surface area contributed by atoms with Crippen molar-refractivity contribution in [2.75, 3.05) is 5.43 Å². The fourth-order valence-electron chi connectivity index (χ4n) is 1.48. The van der Waals surface area contributed by atoms with E-state index in [1.807, 2.05) is 0 Å². The molecule has 1 heterocycles. The monoisotopic (exact) mass is 278 g/mol. The van der Waals surface area contributed by atoms with E-state index < -0.39 is 10.7 Å². The van der Waals surface area contributed by atoms with Crippen LogP contribution in [0.2, 0.25) is 0 Å². The van der Waals surface area contributed by atoms with E-state index in [9.17, 15) is 14.5 Å². The molecule has 8 heteroatoms. The maximum atomic E-state index is 13.4. The molecular weight excluding hydrogens is 267 g/mol. The molecule has 0 fully saturated rings. The average molecular weight is 278 g/mol. The lowest BCUT2D eigenvalue weighted by Gasteiger charge is -2.07. The maximum Gasteiger partial charge on any atom is 0.278 e. The average Bonchev–Trinajstić information content (AvgIpc) is 2.42. The van der Waals surface area contributed by atoms with Crippen LogP contribution in [0.5, 0.6) is 11.6 Å². The predicted octanol–water partition coefficient (Wildman–Crippen LogP) is 2.52. The Morgan fingerprint density at radius 1 is 1.40 bits per heavy atom. The van der Waals surface area contributed by atoms with Gasteiger partial charge in [0.15, 0.2) is 5.82 Å². The number of nitrogens with two attached hydrogens (primary N) is 1. The summed E-state index contributed by atoms with van der Waals surface area (Å²) in [7, 11) is 0. The molecule has 2 aromatic rings. The molecule has 0 amide bonds. The molecular formula is C12H11FN4O3. The molecule has 0 aliphatic rings. The van der Waals surface area contributed by atoms with Crippen LogP contribution in [-0.2, 0) is 0 Å². The number of halogens is 1. The van der Waals surface area contributed by atoms with Crippen molar-refractivity contribution in [3.8, 4) is 11.6 Å². The Kier molecular flexibility index (Phi) is 3.76. The quantitative estimate of drug-likeness (QED) is 0.506. The van der Waals surface area contributed by atoms with E-state index in [1.54, 1.807) is 6.92 Å². The zero-order chi connectivity index (χ0) is 14.7. The van der Waals surface area contributed by atoms with Crippen LogP contribution in [0.4, 0.5) is 15.9 Å². The summed E-state index contributed by atoms with van der Waals surface area (Å²) in [5.41, 5.74) is 2.43. The van der Waals surface area contributed by atoms with Crippen molar-refractivity contribution in [3.05, 3.63) is 51.8 Å². The Bertz CT molecular complexity index is 663. The lowest BCUT2D eigenvalue weighted by molar-refractivity contribution is -0.384. The van der Waals surface area contributed by atoms with Gasteiger partial charge in [0.2, 0.25) is 5.88 Å². The number of nitrogen functional groups attached to an aromatic ring is 1. The van der Waals surface area contributed by atoms with Crippen molar-refractivity contribution in [1.29, 1.82) is 0 Å². The minimum absolute atomic E-state index is 0.0598. The van der Waals surface area contributed by atoms with Crippen molar-refractivity contribution < 1.29 is 14.1 Å². The fraction of sp³-hybridized carbons (Fsp3) is 0.0833. The summed E-state index contributed by atoms with van der Waals surface area (Å²) >= 11 is 0. The van der Waals surface area contributed by atoms with Gasteiger partial charge in [-0.05, 0) is 18.6 Å². The van der Waals surface area contributed by atoms with Gasteiger partial charge in [-0.2, -0.15) is 4.98 Å². The Hall–Kier alpha value is -2.74. The van der Waals surface area contributed by atoms with E-state index in [2.05, 4.69) is 10.4 Å². The van der Waals surface area contributed by atoms with E-state index in [4.69, 9.17) is 10.6 Å². The Morgan fingerprint density at radius 2 is 2.15 bits per heavy atom. The van der Waals surface area contributed by atoms with Gasteiger partial charge in [-0.3, -0.25) is 10.1 Å². The van der Waals surface area contributed by atoms with Crippen molar-refractivity contribution >= 4 is 11.5 Å². The van der Waals surface area contributed by atoms with Crippen LogP contribution in [-0.4, -0.2) is 9.91 Å². The van der Waals surface area contributed by atoms with Gasteiger partial charge in [-0.15, -0.1) is 0 Å². The highest BCUT2D eigenvalue weighted by atomic mass is 19.1. The minimum Gasteiger partial charge on any atom is -0.439 e. The molecule has 1 aromatic carbocycles. The first-order chi connectivity index (χ1) is 9.49. The van der Waals surface area contributed by atoms with Gasteiger partial charge in [0.25, 0.3) is 5.69 Å². The third kappa shape index (κ3) is 2.98. The first-order valence-corrected chi connectivity index (χ1v) is 5.56. The Morgan fingerprint density at radius 3 is 2.75 bits per heavy atom. The van der Waals surface area contributed by atoms with Crippen LogP contribution < -0.4 is 16.0 Å². The van der Waals surface area contributed by atoms with Crippen LogP contribution in [0.25, 0.3) is 0 Å². The lowest BCUT2D eigenvalue weighted by Crippen LogP contribution is -2.09. The van der Waals surface area contributed by atoms with Crippen molar-refractivity contribution in [2.24, 2.45) is 5.84 Å². The van der Waals surface area contributed by atoms with Gasteiger partial charge in [0.1, 0.15) is 11.6 Å². The molecule has 0 radical (unpaired) electrons. The highest BCUT2D eigenvalue weighted by Gasteiger charge is 2.12. The van der Waals surface area contributed by atoms with Crippen molar-refractivity contribution in [1.82, 2.24) is 4.98 Å². The molecule has 104 valence electrons. The second kappa shape index (κ2) is 5.49. The Balaban J connectivity index is 2.34. The molecule has 0 saturated carbocycles. The zero-order valence-corrected chi connectivity index (χ0v) is 10.5. The van der Waals surface area contributed by atoms with E-state index >= 15 is 0 Å².